The van der Waals surface area contributed by atoms with E-state index in [2.05, 4.69) is 5.32 Å². The minimum atomic E-state index is -3.89. The van der Waals surface area contributed by atoms with Crippen molar-refractivity contribution >= 4 is 15.9 Å². The Morgan fingerprint density at radius 3 is 2.52 bits per heavy atom. The molecule has 5 nitrogen and oxygen atoms in total. The highest BCUT2D eigenvalue weighted by Crippen LogP contribution is 2.18. The summed E-state index contributed by atoms with van der Waals surface area (Å²) >= 11 is 0. The number of hydrogen-bond acceptors (Lipinski definition) is 3. The molecule has 1 unspecified atom stereocenters. The number of hydrogen-bond donors (Lipinski definition) is 2. The van der Waals surface area contributed by atoms with Gasteiger partial charge in [0.25, 0.3) is 5.91 Å². The van der Waals surface area contributed by atoms with Crippen LogP contribution in [0.2, 0.25) is 0 Å². The maximum Gasteiger partial charge on any atom is 0.252 e. The van der Waals surface area contributed by atoms with Gasteiger partial charge < -0.3 is 5.32 Å². The molecule has 0 spiro atoms. The third-order valence-corrected chi connectivity index (χ3v) is 4.39. The highest BCUT2D eigenvalue weighted by atomic mass is 32.2. The molecule has 2 aromatic rings. The normalized spacial score (nSPS) is 12.7. The van der Waals surface area contributed by atoms with Crippen molar-refractivity contribution in [3.05, 3.63) is 65.0 Å². The Kier molecular flexibility index (Phi) is 4.82. The zero-order valence-corrected chi connectivity index (χ0v) is 13.5. The molecule has 3 N–H and O–H groups in total. The van der Waals surface area contributed by atoms with Crippen LogP contribution in [-0.2, 0) is 10.0 Å². The van der Waals surface area contributed by atoms with Gasteiger partial charge in [-0.05, 0) is 49.2 Å². The average molecular weight is 336 g/mol. The molecule has 2 aromatic carbocycles. The summed E-state index contributed by atoms with van der Waals surface area (Å²) in [5.74, 6) is -0.847. The molecule has 0 bridgehead atoms. The van der Waals surface area contributed by atoms with Crippen molar-refractivity contribution in [1.29, 1.82) is 0 Å². The lowest BCUT2D eigenvalue weighted by Gasteiger charge is -2.16. The number of nitrogens with one attached hydrogen (secondary N) is 1. The molecule has 1 amide bonds. The van der Waals surface area contributed by atoms with Crippen molar-refractivity contribution in [2.75, 3.05) is 0 Å². The third-order valence-electron chi connectivity index (χ3n) is 3.48. The monoisotopic (exact) mass is 336 g/mol. The summed E-state index contributed by atoms with van der Waals surface area (Å²) in [4.78, 5) is 12.2. The Morgan fingerprint density at radius 1 is 1.22 bits per heavy atom. The number of nitrogens with two attached hydrogens (primary N) is 1. The van der Waals surface area contributed by atoms with Gasteiger partial charge in [0.2, 0.25) is 10.0 Å². The minimum absolute atomic E-state index is 0.133. The van der Waals surface area contributed by atoms with E-state index in [1.807, 2.05) is 0 Å². The van der Waals surface area contributed by atoms with E-state index in [1.54, 1.807) is 26.0 Å². The van der Waals surface area contributed by atoms with E-state index in [4.69, 9.17) is 5.14 Å². The summed E-state index contributed by atoms with van der Waals surface area (Å²) in [6, 6.07) is 9.56. The maximum atomic E-state index is 13.2. The van der Waals surface area contributed by atoms with Crippen LogP contribution in [0, 0.1) is 12.7 Å². The molecule has 0 heterocycles. The summed E-state index contributed by atoms with van der Waals surface area (Å²) in [5.41, 5.74) is 1.43. The number of carbonyl (C=O) groups is 1. The first-order valence-electron chi connectivity index (χ1n) is 6.88. The van der Waals surface area contributed by atoms with Crippen molar-refractivity contribution in [1.82, 2.24) is 5.32 Å². The van der Waals surface area contributed by atoms with Crippen LogP contribution in [0.3, 0.4) is 0 Å². The van der Waals surface area contributed by atoms with Crippen LogP contribution < -0.4 is 10.5 Å². The first-order valence-corrected chi connectivity index (χ1v) is 8.43. The fourth-order valence-corrected chi connectivity index (χ4v) is 2.70. The molecule has 0 aromatic heterocycles. The van der Waals surface area contributed by atoms with Crippen molar-refractivity contribution in [3.8, 4) is 0 Å². The molecule has 2 rings (SSSR count). The van der Waals surface area contributed by atoms with E-state index in [-0.39, 0.29) is 10.5 Å². The number of amides is 1. The third kappa shape index (κ3) is 4.14. The van der Waals surface area contributed by atoms with Gasteiger partial charge in [0.15, 0.2) is 0 Å². The second-order valence-corrected chi connectivity index (χ2v) is 6.83. The van der Waals surface area contributed by atoms with E-state index >= 15 is 0 Å². The average Bonchev–Trinajstić information content (AvgIpc) is 2.46. The number of sulfonamides is 1. The Balaban J connectivity index is 2.27. The summed E-state index contributed by atoms with van der Waals surface area (Å²) < 4.78 is 36.1. The number of halogens is 1. The molecule has 122 valence electrons. The molecule has 0 aliphatic carbocycles. The Hall–Kier alpha value is -2.25. The lowest BCUT2D eigenvalue weighted by atomic mass is 10.1. The van der Waals surface area contributed by atoms with E-state index < -0.39 is 27.8 Å². The zero-order chi connectivity index (χ0) is 17.2. The molecule has 0 saturated carbocycles. The zero-order valence-electron chi connectivity index (χ0n) is 12.7. The van der Waals surface area contributed by atoms with Gasteiger partial charge in [-0.15, -0.1) is 0 Å². The van der Waals surface area contributed by atoms with E-state index in [0.29, 0.717) is 11.1 Å². The minimum Gasteiger partial charge on any atom is -0.346 e. The van der Waals surface area contributed by atoms with Gasteiger partial charge in [-0.2, -0.15) is 0 Å². The summed E-state index contributed by atoms with van der Waals surface area (Å²) in [5, 5.41) is 7.80. The van der Waals surface area contributed by atoms with Crippen LogP contribution in [0.15, 0.2) is 47.4 Å². The van der Waals surface area contributed by atoms with Crippen LogP contribution in [0.25, 0.3) is 0 Å². The van der Waals surface area contributed by atoms with Crippen LogP contribution in [0.1, 0.15) is 34.5 Å². The Bertz CT molecular complexity index is 850. The van der Waals surface area contributed by atoms with Gasteiger partial charge in [0.05, 0.1) is 10.9 Å². The smallest absolute Gasteiger partial charge is 0.252 e. The van der Waals surface area contributed by atoms with Gasteiger partial charge >= 0.3 is 0 Å². The maximum absolute atomic E-state index is 13.2. The largest absolute Gasteiger partial charge is 0.346 e. The van der Waals surface area contributed by atoms with Gasteiger partial charge in [0, 0.05) is 5.56 Å². The SMILES string of the molecule is Cc1ccc(S(N)(=O)=O)cc1C(=O)NC(C)c1cccc(F)c1. The second kappa shape index (κ2) is 6.47. The fourth-order valence-electron chi connectivity index (χ4n) is 2.16. The van der Waals surface area contributed by atoms with E-state index in [1.165, 1.54) is 30.3 Å². The van der Waals surface area contributed by atoms with Crippen molar-refractivity contribution < 1.29 is 17.6 Å². The van der Waals surface area contributed by atoms with Crippen LogP contribution >= 0.6 is 0 Å². The molecule has 0 aliphatic heterocycles. The Labute approximate surface area is 134 Å². The predicted molar refractivity (Wildman–Crippen MR) is 84.8 cm³/mol. The summed E-state index contributed by atoms with van der Waals surface area (Å²) in [6.45, 7) is 3.40. The fraction of sp³-hybridized carbons (Fsp3) is 0.188. The second-order valence-electron chi connectivity index (χ2n) is 5.27. The highest BCUT2D eigenvalue weighted by molar-refractivity contribution is 7.89. The standard InChI is InChI=1S/C16H17FN2O3S/c1-10-6-7-14(23(18,21)22)9-15(10)16(20)19-11(2)12-4-3-5-13(17)8-12/h3-9,11H,1-2H3,(H,19,20)(H2,18,21,22). The van der Waals surface area contributed by atoms with Gasteiger partial charge in [0.1, 0.15) is 5.82 Å². The van der Waals surface area contributed by atoms with Gasteiger partial charge in [-0.1, -0.05) is 18.2 Å². The van der Waals surface area contributed by atoms with Crippen LogP contribution in [0.5, 0.6) is 0 Å². The molecular weight excluding hydrogens is 319 g/mol. The van der Waals surface area contributed by atoms with E-state index in [0.717, 1.165) is 0 Å². The first kappa shape index (κ1) is 17.1. The first-order chi connectivity index (χ1) is 10.7. The molecular formula is C16H17FN2O3S. The van der Waals surface area contributed by atoms with E-state index in [9.17, 15) is 17.6 Å². The predicted octanol–water partition coefficient (Wildman–Crippen LogP) is 2.27. The number of primary sulfonamides is 1. The van der Waals surface area contributed by atoms with Gasteiger partial charge in [-0.25, -0.2) is 17.9 Å². The molecule has 23 heavy (non-hydrogen) atoms. The molecule has 0 fully saturated rings. The van der Waals surface area contributed by atoms with Crippen LogP contribution in [-0.4, -0.2) is 14.3 Å². The lowest BCUT2D eigenvalue weighted by molar-refractivity contribution is 0.0939. The van der Waals surface area contributed by atoms with Crippen molar-refractivity contribution in [2.24, 2.45) is 5.14 Å². The number of rotatable bonds is 4. The van der Waals surface area contributed by atoms with Crippen molar-refractivity contribution in [3.63, 3.8) is 0 Å². The lowest BCUT2D eigenvalue weighted by Crippen LogP contribution is -2.27. The van der Waals surface area contributed by atoms with Crippen molar-refractivity contribution in [2.45, 2.75) is 24.8 Å². The number of carbonyl (C=O) groups excluding carboxylic acids is 1. The Morgan fingerprint density at radius 2 is 1.91 bits per heavy atom. The molecule has 7 heteroatoms. The number of aryl methyl sites for hydroxylation is 1. The summed E-state index contributed by atoms with van der Waals surface area (Å²) in [7, 11) is -3.89. The van der Waals surface area contributed by atoms with Gasteiger partial charge in [-0.3, -0.25) is 4.79 Å². The topological polar surface area (TPSA) is 89.3 Å². The van der Waals surface area contributed by atoms with Crippen LogP contribution in [0.4, 0.5) is 4.39 Å². The molecule has 0 saturated heterocycles. The summed E-state index contributed by atoms with van der Waals surface area (Å²) in [6.07, 6.45) is 0. The quantitative estimate of drug-likeness (QED) is 0.897. The molecule has 0 aliphatic rings. The highest BCUT2D eigenvalue weighted by Gasteiger charge is 2.17. The number of benzene rings is 2. The molecule has 1 atom stereocenters. The molecule has 0 radical (unpaired) electrons.